The van der Waals surface area contributed by atoms with Gasteiger partial charge in [0.2, 0.25) is 5.91 Å². The van der Waals surface area contributed by atoms with Crippen LogP contribution in [0.3, 0.4) is 0 Å². The largest absolute Gasteiger partial charge is 0.369 e. The van der Waals surface area contributed by atoms with E-state index in [-0.39, 0.29) is 0 Å². The molecular weight excluding hydrogens is 118 g/mol. The van der Waals surface area contributed by atoms with E-state index in [0.717, 1.165) is 0 Å². The Morgan fingerprint density at radius 2 is 2.44 bits per heavy atom. The van der Waals surface area contributed by atoms with Crippen molar-refractivity contribution in [2.75, 3.05) is 6.61 Å². The van der Waals surface area contributed by atoms with Crippen LogP contribution in [0.1, 0.15) is 13.3 Å². The maximum atomic E-state index is 10.4. The zero-order valence-corrected chi connectivity index (χ0v) is 5.59. The molecule has 1 unspecified atom stereocenters. The lowest BCUT2D eigenvalue weighted by atomic mass is 10.3. The lowest BCUT2D eigenvalue weighted by Gasteiger charge is -2.08. The first-order valence-corrected chi connectivity index (χ1v) is 2.92. The Balaban J connectivity index is 3.54. The molecule has 1 atom stereocenters. The molecule has 0 fully saturated rings. The molecule has 0 aliphatic heterocycles. The van der Waals surface area contributed by atoms with Crippen LogP contribution in [-0.2, 0) is 9.53 Å². The SMILES string of the molecule is [CH2]CC(OCC)C(N)=O. The molecule has 0 aromatic carbocycles. The van der Waals surface area contributed by atoms with Gasteiger partial charge in [0.15, 0.2) is 0 Å². The summed E-state index contributed by atoms with van der Waals surface area (Å²) in [4.78, 5) is 10.4. The van der Waals surface area contributed by atoms with Crippen molar-refractivity contribution < 1.29 is 9.53 Å². The van der Waals surface area contributed by atoms with Gasteiger partial charge in [-0.2, -0.15) is 0 Å². The second kappa shape index (κ2) is 4.32. The van der Waals surface area contributed by atoms with Crippen molar-refractivity contribution >= 4 is 5.91 Å². The van der Waals surface area contributed by atoms with E-state index in [0.29, 0.717) is 13.0 Å². The van der Waals surface area contributed by atoms with Crippen LogP contribution in [0, 0.1) is 6.92 Å². The van der Waals surface area contributed by atoms with Crippen molar-refractivity contribution in [1.29, 1.82) is 0 Å². The summed E-state index contributed by atoms with van der Waals surface area (Å²) in [6, 6.07) is 0. The Morgan fingerprint density at radius 1 is 1.89 bits per heavy atom. The topological polar surface area (TPSA) is 52.3 Å². The van der Waals surface area contributed by atoms with Gasteiger partial charge in [0.05, 0.1) is 0 Å². The second-order valence-electron chi connectivity index (χ2n) is 1.64. The number of primary amides is 1. The Labute approximate surface area is 55.2 Å². The van der Waals surface area contributed by atoms with Crippen molar-refractivity contribution in [3.05, 3.63) is 6.92 Å². The third-order valence-electron chi connectivity index (χ3n) is 0.947. The predicted molar refractivity (Wildman–Crippen MR) is 34.6 cm³/mol. The highest BCUT2D eigenvalue weighted by Gasteiger charge is 2.10. The molecule has 1 radical (unpaired) electrons. The molecule has 0 saturated carbocycles. The van der Waals surface area contributed by atoms with Gasteiger partial charge in [0.1, 0.15) is 6.10 Å². The fraction of sp³-hybridized carbons (Fsp3) is 0.667. The summed E-state index contributed by atoms with van der Waals surface area (Å²) in [7, 11) is 0. The molecular formula is C6H12NO2. The van der Waals surface area contributed by atoms with E-state index in [9.17, 15) is 4.79 Å². The van der Waals surface area contributed by atoms with Crippen LogP contribution in [0.5, 0.6) is 0 Å². The molecule has 0 aromatic rings. The first-order valence-electron chi connectivity index (χ1n) is 2.92. The van der Waals surface area contributed by atoms with Crippen LogP contribution in [0.4, 0.5) is 0 Å². The zero-order chi connectivity index (χ0) is 7.28. The second-order valence-corrected chi connectivity index (χ2v) is 1.64. The highest BCUT2D eigenvalue weighted by Crippen LogP contribution is 1.94. The summed E-state index contributed by atoms with van der Waals surface area (Å²) in [5.41, 5.74) is 4.93. The van der Waals surface area contributed by atoms with E-state index in [4.69, 9.17) is 10.5 Å². The van der Waals surface area contributed by atoms with Gasteiger partial charge in [-0.25, -0.2) is 0 Å². The van der Waals surface area contributed by atoms with Crippen molar-refractivity contribution in [2.24, 2.45) is 5.73 Å². The Kier molecular flexibility index (Phi) is 4.05. The van der Waals surface area contributed by atoms with E-state index < -0.39 is 12.0 Å². The number of ether oxygens (including phenoxy) is 1. The fourth-order valence-electron chi connectivity index (χ4n) is 0.509. The number of hydrogen-bond acceptors (Lipinski definition) is 2. The summed E-state index contributed by atoms with van der Waals surface area (Å²) in [5.74, 6) is -0.438. The molecule has 0 saturated heterocycles. The lowest BCUT2D eigenvalue weighted by Crippen LogP contribution is -2.30. The van der Waals surface area contributed by atoms with Gasteiger partial charge < -0.3 is 10.5 Å². The number of carbonyl (C=O) groups is 1. The summed E-state index contributed by atoms with van der Waals surface area (Å²) >= 11 is 0. The summed E-state index contributed by atoms with van der Waals surface area (Å²) in [6.07, 6.45) is -0.0987. The highest BCUT2D eigenvalue weighted by atomic mass is 16.5. The molecule has 2 N–H and O–H groups in total. The smallest absolute Gasteiger partial charge is 0.246 e. The van der Waals surface area contributed by atoms with Crippen molar-refractivity contribution in [3.8, 4) is 0 Å². The predicted octanol–water partition coefficient (Wildman–Crippen LogP) is 0.101. The van der Waals surface area contributed by atoms with E-state index in [1.54, 1.807) is 0 Å². The van der Waals surface area contributed by atoms with Gasteiger partial charge in [-0.15, -0.1) is 0 Å². The summed E-state index contributed by atoms with van der Waals surface area (Å²) < 4.78 is 4.92. The van der Waals surface area contributed by atoms with Gasteiger partial charge in [-0.1, -0.05) is 6.92 Å². The Morgan fingerprint density at radius 3 is 2.56 bits per heavy atom. The van der Waals surface area contributed by atoms with Gasteiger partial charge in [0.25, 0.3) is 0 Å². The quantitative estimate of drug-likeness (QED) is 0.586. The van der Waals surface area contributed by atoms with Gasteiger partial charge in [-0.05, 0) is 13.3 Å². The maximum absolute atomic E-state index is 10.4. The molecule has 53 valence electrons. The molecule has 3 heteroatoms. The van der Waals surface area contributed by atoms with Crippen LogP contribution in [0.15, 0.2) is 0 Å². The van der Waals surface area contributed by atoms with E-state index >= 15 is 0 Å². The third kappa shape index (κ3) is 3.08. The van der Waals surface area contributed by atoms with E-state index in [1.807, 2.05) is 6.92 Å². The number of hydrogen-bond donors (Lipinski definition) is 1. The summed E-state index contributed by atoms with van der Waals surface area (Å²) in [6.45, 7) is 5.81. The maximum Gasteiger partial charge on any atom is 0.246 e. The molecule has 0 heterocycles. The van der Waals surface area contributed by atoms with Crippen molar-refractivity contribution in [2.45, 2.75) is 19.4 Å². The number of rotatable bonds is 4. The van der Waals surface area contributed by atoms with Crippen LogP contribution in [0.25, 0.3) is 0 Å². The van der Waals surface area contributed by atoms with Crippen molar-refractivity contribution in [3.63, 3.8) is 0 Å². The molecule has 0 aromatic heterocycles. The standard InChI is InChI=1S/C6H12NO2/c1-3-5(6(7)8)9-4-2/h5H,1,3-4H2,2H3,(H2,7,8). The Bertz CT molecular complexity index is 93.1. The molecule has 0 rings (SSSR count). The van der Waals surface area contributed by atoms with Crippen LogP contribution >= 0.6 is 0 Å². The van der Waals surface area contributed by atoms with Crippen LogP contribution in [-0.4, -0.2) is 18.6 Å². The first-order chi connectivity index (χ1) is 4.22. The number of nitrogens with two attached hydrogens (primary N) is 1. The molecule has 3 nitrogen and oxygen atoms in total. The molecule has 0 bridgehead atoms. The highest BCUT2D eigenvalue weighted by molar-refractivity contribution is 5.78. The van der Waals surface area contributed by atoms with Crippen molar-refractivity contribution in [1.82, 2.24) is 0 Å². The molecule has 1 amide bonds. The van der Waals surface area contributed by atoms with Gasteiger partial charge in [0, 0.05) is 6.61 Å². The first kappa shape index (κ1) is 8.43. The minimum absolute atomic E-state index is 0.406. The van der Waals surface area contributed by atoms with Crippen LogP contribution < -0.4 is 5.73 Å². The minimum Gasteiger partial charge on any atom is -0.369 e. The average molecular weight is 130 g/mol. The normalized spacial score (nSPS) is 13.1. The minimum atomic E-state index is -0.505. The molecule has 9 heavy (non-hydrogen) atoms. The van der Waals surface area contributed by atoms with Gasteiger partial charge in [-0.3, -0.25) is 4.79 Å². The monoisotopic (exact) mass is 130 g/mol. The summed E-state index contributed by atoms with van der Waals surface area (Å²) in [5, 5.41) is 0. The number of carbonyl (C=O) groups excluding carboxylic acids is 1. The zero-order valence-electron chi connectivity index (χ0n) is 5.59. The van der Waals surface area contributed by atoms with E-state index in [1.165, 1.54) is 0 Å². The number of amides is 1. The molecule has 0 aliphatic rings. The third-order valence-corrected chi connectivity index (χ3v) is 0.947. The Hall–Kier alpha value is -0.570. The molecule has 0 aliphatic carbocycles. The van der Waals surface area contributed by atoms with Gasteiger partial charge >= 0.3 is 0 Å². The average Bonchev–Trinajstić information content (AvgIpc) is 1.82. The van der Waals surface area contributed by atoms with Crippen LogP contribution in [0.2, 0.25) is 0 Å². The lowest BCUT2D eigenvalue weighted by molar-refractivity contribution is -0.128. The fourth-order valence-corrected chi connectivity index (χ4v) is 0.509. The van der Waals surface area contributed by atoms with E-state index in [2.05, 4.69) is 6.92 Å². The molecule has 0 spiro atoms.